The van der Waals surface area contributed by atoms with Crippen LogP contribution in [0.25, 0.3) is 0 Å². The van der Waals surface area contributed by atoms with Crippen molar-refractivity contribution in [1.82, 2.24) is 20.3 Å². The van der Waals surface area contributed by atoms with E-state index in [4.69, 9.17) is 14.0 Å². The summed E-state index contributed by atoms with van der Waals surface area (Å²) in [4.78, 5) is 14.1. The molecular formula is C14H16N4O4. The van der Waals surface area contributed by atoms with Gasteiger partial charge in [-0.15, -0.1) is 10.2 Å². The van der Waals surface area contributed by atoms with Crippen LogP contribution in [0.1, 0.15) is 22.5 Å². The maximum Gasteiger partial charge on any atom is 0.259 e. The van der Waals surface area contributed by atoms with Gasteiger partial charge in [0.2, 0.25) is 11.8 Å². The Labute approximate surface area is 127 Å². The Morgan fingerprint density at radius 1 is 1.36 bits per heavy atom. The molecule has 2 aromatic rings. The molecule has 0 aromatic carbocycles. The minimum atomic E-state index is -0.105. The van der Waals surface area contributed by atoms with E-state index in [0.29, 0.717) is 36.2 Å². The van der Waals surface area contributed by atoms with Crippen molar-refractivity contribution in [1.29, 1.82) is 0 Å². The lowest BCUT2D eigenvalue weighted by Gasteiger charge is -2.16. The molecule has 2 aromatic heterocycles. The molecule has 8 heteroatoms. The van der Waals surface area contributed by atoms with Gasteiger partial charge in [-0.1, -0.05) is 5.16 Å². The van der Waals surface area contributed by atoms with E-state index >= 15 is 0 Å². The van der Waals surface area contributed by atoms with Gasteiger partial charge in [0.25, 0.3) is 5.91 Å². The Kier molecular flexibility index (Phi) is 3.90. The molecule has 3 heterocycles. The number of ether oxygens (including phenoxy) is 2. The average Bonchev–Trinajstić information content (AvgIpc) is 3.16. The van der Waals surface area contributed by atoms with E-state index in [1.54, 1.807) is 24.0 Å². The van der Waals surface area contributed by atoms with Crippen molar-refractivity contribution in [2.75, 3.05) is 20.2 Å². The van der Waals surface area contributed by atoms with Gasteiger partial charge in [0, 0.05) is 25.1 Å². The zero-order valence-corrected chi connectivity index (χ0v) is 12.4. The summed E-state index contributed by atoms with van der Waals surface area (Å²) in [7, 11) is 1.53. The number of nitrogens with zero attached hydrogens (tertiary/aromatic N) is 4. The Bertz CT molecular complexity index is 655. The van der Waals surface area contributed by atoms with Crippen molar-refractivity contribution < 1.29 is 18.8 Å². The van der Waals surface area contributed by atoms with Crippen LogP contribution in [0.15, 0.2) is 22.9 Å². The van der Waals surface area contributed by atoms with E-state index in [1.807, 2.05) is 0 Å². The average molecular weight is 304 g/mol. The van der Waals surface area contributed by atoms with Crippen LogP contribution in [0.3, 0.4) is 0 Å². The molecule has 1 saturated heterocycles. The highest BCUT2D eigenvalue weighted by atomic mass is 16.5. The van der Waals surface area contributed by atoms with Gasteiger partial charge in [-0.2, -0.15) is 0 Å². The van der Waals surface area contributed by atoms with Crippen LogP contribution >= 0.6 is 0 Å². The van der Waals surface area contributed by atoms with E-state index in [1.165, 1.54) is 13.3 Å². The molecule has 0 bridgehead atoms. The summed E-state index contributed by atoms with van der Waals surface area (Å²) >= 11 is 0. The second-order valence-corrected chi connectivity index (χ2v) is 4.99. The maximum absolute atomic E-state index is 12.3. The number of carbonyl (C=O) groups is 1. The van der Waals surface area contributed by atoms with E-state index < -0.39 is 0 Å². The van der Waals surface area contributed by atoms with Crippen molar-refractivity contribution in [3.8, 4) is 11.8 Å². The second-order valence-electron chi connectivity index (χ2n) is 4.99. The van der Waals surface area contributed by atoms with Crippen molar-refractivity contribution >= 4 is 5.91 Å². The summed E-state index contributed by atoms with van der Waals surface area (Å²) in [5.41, 5.74) is 0.491. The fourth-order valence-electron chi connectivity index (χ4n) is 2.33. The zero-order valence-electron chi connectivity index (χ0n) is 12.4. The monoisotopic (exact) mass is 304 g/mol. The number of methoxy groups -OCH3 is 1. The number of hydrogen-bond acceptors (Lipinski definition) is 7. The Morgan fingerprint density at radius 2 is 2.14 bits per heavy atom. The van der Waals surface area contributed by atoms with Crippen LogP contribution in [-0.4, -0.2) is 52.5 Å². The van der Waals surface area contributed by atoms with Crippen LogP contribution in [0.2, 0.25) is 0 Å². The second kappa shape index (κ2) is 6.00. The zero-order chi connectivity index (χ0) is 15.5. The molecule has 0 spiro atoms. The number of amides is 1. The van der Waals surface area contributed by atoms with Crippen molar-refractivity contribution in [2.45, 2.75) is 19.4 Å². The molecule has 0 radical (unpaired) electrons. The number of aromatic nitrogens is 3. The highest BCUT2D eigenvalue weighted by Gasteiger charge is 2.30. The van der Waals surface area contributed by atoms with Gasteiger partial charge >= 0.3 is 0 Å². The normalized spacial score (nSPS) is 17.5. The van der Waals surface area contributed by atoms with Crippen molar-refractivity contribution in [2.24, 2.45) is 0 Å². The van der Waals surface area contributed by atoms with E-state index in [-0.39, 0.29) is 12.0 Å². The molecule has 0 N–H and O–H groups in total. The first-order valence-corrected chi connectivity index (χ1v) is 6.92. The summed E-state index contributed by atoms with van der Waals surface area (Å²) in [6, 6.07) is 3.38. The third-order valence-electron chi connectivity index (χ3n) is 3.53. The topological polar surface area (TPSA) is 90.6 Å². The SMILES string of the molecule is COc1ccc(O[C@H]2CCN(C(=O)c3cnoc3C)C2)nn1. The summed E-state index contributed by atoms with van der Waals surface area (Å²) in [6.07, 6.45) is 2.08. The number of rotatable bonds is 4. The largest absolute Gasteiger partial charge is 0.480 e. The van der Waals surface area contributed by atoms with Crippen LogP contribution in [0.4, 0.5) is 0 Å². The van der Waals surface area contributed by atoms with Crippen LogP contribution in [0.5, 0.6) is 11.8 Å². The molecule has 8 nitrogen and oxygen atoms in total. The quantitative estimate of drug-likeness (QED) is 0.834. The summed E-state index contributed by atoms with van der Waals surface area (Å²) in [5, 5.41) is 11.4. The molecule has 116 valence electrons. The lowest BCUT2D eigenvalue weighted by molar-refractivity contribution is 0.0769. The Balaban J connectivity index is 1.60. The van der Waals surface area contributed by atoms with E-state index in [0.717, 1.165) is 6.42 Å². The minimum absolute atomic E-state index is 0.0920. The lowest BCUT2D eigenvalue weighted by Crippen LogP contribution is -2.31. The molecule has 0 saturated carbocycles. The van der Waals surface area contributed by atoms with Crippen LogP contribution in [0, 0.1) is 6.92 Å². The van der Waals surface area contributed by atoms with Gasteiger partial charge in [-0.05, 0) is 6.92 Å². The molecular weight excluding hydrogens is 288 g/mol. The number of hydrogen-bond donors (Lipinski definition) is 0. The fraction of sp³-hybridized carbons (Fsp3) is 0.429. The molecule has 0 aliphatic carbocycles. The highest BCUT2D eigenvalue weighted by molar-refractivity contribution is 5.94. The van der Waals surface area contributed by atoms with Gasteiger partial charge in [0.15, 0.2) is 0 Å². The summed E-state index contributed by atoms with van der Waals surface area (Å²) in [5.74, 6) is 1.28. The summed E-state index contributed by atoms with van der Waals surface area (Å²) in [6.45, 7) is 2.84. The minimum Gasteiger partial charge on any atom is -0.480 e. The molecule has 3 rings (SSSR count). The molecule has 1 aliphatic heterocycles. The highest BCUT2D eigenvalue weighted by Crippen LogP contribution is 2.20. The van der Waals surface area contributed by atoms with Gasteiger partial charge in [-0.25, -0.2) is 0 Å². The van der Waals surface area contributed by atoms with Gasteiger partial charge in [0.1, 0.15) is 17.4 Å². The molecule has 1 amide bonds. The first kappa shape index (κ1) is 14.3. The number of carbonyl (C=O) groups excluding carboxylic acids is 1. The number of aryl methyl sites for hydroxylation is 1. The van der Waals surface area contributed by atoms with E-state index in [2.05, 4.69) is 15.4 Å². The Hall–Kier alpha value is -2.64. The lowest BCUT2D eigenvalue weighted by atomic mass is 10.2. The van der Waals surface area contributed by atoms with Crippen LogP contribution < -0.4 is 9.47 Å². The Morgan fingerprint density at radius 3 is 2.77 bits per heavy atom. The molecule has 1 aliphatic rings. The predicted octanol–water partition coefficient (Wildman–Crippen LogP) is 1.08. The predicted molar refractivity (Wildman–Crippen MR) is 74.8 cm³/mol. The molecule has 22 heavy (non-hydrogen) atoms. The van der Waals surface area contributed by atoms with E-state index in [9.17, 15) is 4.79 Å². The van der Waals surface area contributed by atoms with Gasteiger partial charge in [-0.3, -0.25) is 4.79 Å². The van der Waals surface area contributed by atoms with Gasteiger partial charge < -0.3 is 18.9 Å². The smallest absolute Gasteiger partial charge is 0.259 e. The van der Waals surface area contributed by atoms with Gasteiger partial charge in [0.05, 0.1) is 19.9 Å². The number of likely N-dealkylation sites (tertiary alicyclic amines) is 1. The first-order chi connectivity index (χ1) is 10.7. The van der Waals surface area contributed by atoms with Crippen molar-refractivity contribution in [3.05, 3.63) is 29.7 Å². The third kappa shape index (κ3) is 2.85. The first-order valence-electron chi connectivity index (χ1n) is 6.92. The molecule has 1 fully saturated rings. The molecule has 1 atom stereocenters. The summed E-state index contributed by atoms with van der Waals surface area (Å²) < 4.78 is 15.6. The standard InChI is InChI=1S/C14H16N4O4/c1-9-11(7-15-22-9)14(19)18-6-5-10(8-18)21-13-4-3-12(20-2)16-17-13/h3-4,7,10H,5-6,8H2,1-2H3/t10-/m0/s1. The maximum atomic E-state index is 12.3. The van der Waals surface area contributed by atoms with Crippen molar-refractivity contribution in [3.63, 3.8) is 0 Å². The fourth-order valence-corrected chi connectivity index (χ4v) is 2.33. The third-order valence-corrected chi connectivity index (χ3v) is 3.53. The van der Waals surface area contributed by atoms with Crippen LogP contribution in [-0.2, 0) is 0 Å². The molecule has 0 unspecified atom stereocenters.